The zero-order valence-electron chi connectivity index (χ0n) is 12.1. The Bertz CT molecular complexity index is 348. The minimum atomic E-state index is -0.189. The molecule has 0 aromatic carbocycles. The molecule has 0 aliphatic carbocycles. The number of amides is 1. The van der Waals surface area contributed by atoms with E-state index in [1.165, 1.54) is 0 Å². The van der Waals surface area contributed by atoms with Gasteiger partial charge in [0.15, 0.2) is 0 Å². The molecule has 0 saturated carbocycles. The van der Waals surface area contributed by atoms with Crippen molar-refractivity contribution >= 4 is 5.91 Å². The van der Waals surface area contributed by atoms with Crippen LogP contribution < -0.4 is 10.6 Å². The topological polar surface area (TPSA) is 57.5 Å². The van der Waals surface area contributed by atoms with E-state index in [1.54, 1.807) is 6.26 Å². The summed E-state index contributed by atoms with van der Waals surface area (Å²) in [6.45, 7) is 10.5. The van der Waals surface area contributed by atoms with E-state index in [4.69, 9.17) is 4.42 Å². The van der Waals surface area contributed by atoms with Gasteiger partial charge < -0.3 is 20.0 Å². The number of likely N-dealkylation sites (N-methyl/N-ethyl adjacent to an activating group) is 1. The van der Waals surface area contributed by atoms with Gasteiger partial charge in [0.1, 0.15) is 5.76 Å². The smallest absolute Gasteiger partial charge is 0.237 e. The second-order valence-electron chi connectivity index (χ2n) is 4.50. The van der Waals surface area contributed by atoms with E-state index >= 15 is 0 Å². The molecule has 5 nitrogen and oxygen atoms in total. The van der Waals surface area contributed by atoms with Crippen LogP contribution in [0.4, 0.5) is 0 Å². The van der Waals surface area contributed by atoms with Crippen LogP contribution in [0.25, 0.3) is 0 Å². The molecule has 0 radical (unpaired) electrons. The zero-order valence-corrected chi connectivity index (χ0v) is 12.1. The van der Waals surface area contributed by atoms with E-state index in [9.17, 15) is 4.79 Å². The number of nitrogens with one attached hydrogen (secondary N) is 2. The Morgan fingerprint density at radius 1 is 1.42 bits per heavy atom. The average molecular weight is 267 g/mol. The van der Waals surface area contributed by atoms with Crippen molar-refractivity contribution in [1.29, 1.82) is 0 Å². The zero-order chi connectivity index (χ0) is 14.1. The lowest BCUT2D eigenvalue weighted by Gasteiger charge is -2.20. The summed E-state index contributed by atoms with van der Waals surface area (Å²) in [4.78, 5) is 14.1. The van der Waals surface area contributed by atoms with E-state index in [1.807, 2.05) is 19.1 Å². The van der Waals surface area contributed by atoms with Gasteiger partial charge in [0.25, 0.3) is 0 Å². The predicted octanol–water partition coefficient (Wildman–Crippen LogP) is 1.22. The highest BCUT2D eigenvalue weighted by atomic mass is 16.3. The van der Waals surface area contributed by atoms with Crippen molar-refractivity contribution in [2.75, 3.05) is 26.2 Å². The third-order valence-electron chi connectivity index (χ3n) is 3.18. The molecule has 1 aromatic heterocycles. The second-order valence-corrected chi connectivity index (χ2v) is 4.50. The van der Waals surface area contributed by atoms with Crippen molar-refractivity contribution in [3.8, 4) is 0 Å². The largest absolute Gasteiger partial charge is 0.467 e. The molecule has 108 valence electrons. The van der Waals surface area contributed by atoms with Crippen molar-refractivity contribution in [2.24, 2.45) is 0 Å². The first-order chi connectivity index (χ1) is 9.17. The number of rotatable bonds is 9. The number of nitrogens with zero attached hydrogens (tertiary/aromatic N) is 1. The van der Waals surface area contributed by atoms with Crippen LogP contribution in [0.1, 0.15) is 26.5 Å². The van der Waals surface area contributed by atoms with Gasteiger partial charge in [-0.2, -0.15) is 0 Å². The fourth-order valence-electron chi connectivity index (χ4n) is 1.81. The Kier molecular flexibility index (Phi) is 7.22. The maximum atomic E-state index is 11.8. The highest BCUT2D eigenvalue weighted by molar-refractivity contribution is 5.81. The molecule has 19 heavy (non-hydrogen) atoms. The number of carbonyl (C=O) groups is 1. The molecule has 0 bridgehead atoms. The molecule has 0 aliphatic rings. The van der Waals surface area contributed by atoms with Crippen molar-refractivity contribution in [1.82, 2.24) is 15.5 Å². The Morgan fingerprint density at radius 2 is 2.16 bits per heavy atom. The summed E-state index contributed by atoms with van der Waals surface area (Å²) in [5, 5.41) is 6.07. The summed E-state index contributed by atoms with van der Waals surface area (Å²) >= 11 is 0. The van der Waals surface area contributed by atoms with Crippen LogP contribution in [-0.4, -0.2) is 43.0 Å². The number of carbonyl (C=O) groups excluding carboxylic acids is 1. The van der Waals surface area contributed by atoms with E-state index in [0.29, 0.717) is 6.54 Å². The monoisotopic (exact) mass is 267 g/mol. The molecule has 5 heteroatoms. The summed E-state index contributed by atoms with van der Waals surface area (Å²) in [5.74, 6) is 0.764. The fourth-order valence-corrected chi connectivity index (χ4v) is 1.81. The Labute approximate surface area is 115 Å². The maximum Gasteiger partial charge on any atom is 0.237 e. The summed E-state index contributed by atoms with van der Waals surface area (Å²) in [6, 6.07) is 3.47. The van der Waals surface area contributed by atoms with E-state index in [2.05, 4.69) is 29.4 Å². The molecule has 1 amide bonds. The lowest BCUT2D eigenvalue weighted by atomic mass is 10.3. The van der Waals surface area contributed by atoms with Gasteiger partial charge in [-0.3, -0.25) is 4.79 Å². The van der Waals surface area contributed by atoms with Crippen molar-refractivity contribution < 1.29 is 9.21 Å². The number of hydrogen-bond donors (Lipinski definition) is 2. The summed E-state index contributed by atoms with van der Waals surface area (Å²) in [7, 11) is 0. The van der Waals surface area contributed by atoms with Crippen LogP contribution in [0.3, 0.4) is 0 Å². The first kappa shape index (κ1) is 15.7. The van der Waals surface area contributed by atoms with Crippen LogP contribution in [0.2, 0.25) is 0 Å². The average Bonchev–Trinajstić information content (AvgIpc) is 2.94. The third-order valence-corrected chi connectivity index (χ3v) is 3.18. The molecule has 0 aliphatic heterocycles. The summed E-state index contributed by atoms with van der Waals surface area (Å²) < 4.78 is 5.16. The standard InChI is InChI=1S/C14H25N3O2/c1-4-17(5-2)9-8-15-12(3)14(18)16-11-13-7-6-10-19-13/h6-7,10,12,15H,4-5,8-9,11H2,1-3H3,(H,16,18). The molecule has 1 unspecified atom stereocenters. The summed E-state index contributed by atoms with van der Waals surface area (Å²) in [6.07, 6.45) is 1.60. The predicted molar refractivity (Wildman–Crippen MR) is 75.8 cm³/mol. The molecule has 1 rings (SSSR count). The van der Waals surface area contributed by atoms with E-state index in [0.717, 1.165) is 31.9 Å². The first-order valence-electron chi connectivity index (χ1n) is 6.93. The highest BCUT2D eigenvalue weighted by Crippen LogP contribution is 1.98. The minimum Gasteiger partial charge on any atom is -0.467 e. The molecule has 0 fully saturated rings. The van der Waals surface area contributed by atoms with E-state index < -0.39 is 0 Å². The van der Waals surface area contributed by atoms with Gasteiger partial charge in [-0.25, -0.2) is 0 Å². The normalized spacial score (nSPS) is 12.6. The molecule has 1 atom stereocenters. The van der Waals surface area contributed by atoms with Crippen LogP contribution >= 0.6 is 0 Å². The van der Waals surface area contributed by atoms with Crippen molar-refractivity contribution in [3.05, 3.63) is 24.2 Å². The van der Waals surface area contributed by atoms with Gasteiger partial charge in [-0.05, 0) is 32.1 Å². The Hall–Kier alpha value is -1.33. The van der Waals surface area contributed by atoms with Gasteiger partial charge in [0.2, 0.25) is 5.91 Å². The van der Waals surface area contributed by atoms with E-state index in [-0.39, 0.29) is 11.9 Å². The van der Waals surface area contributed by atoms with Gasteiger partial charge in [-0.1, -0.05) is 13.8 Å². The maximum absolute atomic E-state index is 11.8. The van der Waals surface area contributed by atoms with Gasteiger partial charge in [0.05, 0.1) is 18.8 Å². The van der Waals surface area contributed by atoms with Gasteiger partial charge in [-0.15, -0.1) is 0 Å². The van der Waals surface area contributed by atoms with Crippen molar-refractivity contribution in [3.63, 3.8) is 0 Å². The van der Waals surface area contributed by atoms with Gasteiger partial charge >= 0.3 is 0 Å². The Balaban J connectivity index is 2.17. The Morgan fingerprint density at radius 3 is 2.74 bits per heavy atom. The van der Waals surface area contributed by atoms with Crippen molar-refractivity contribution in [2.45, 2.75) is 33.4 Å². The quantitative estimate of drug-likeness (QED) is 0.706. The number of furan rings is 1. The molecule has 0 saturated heterocycles. The lowest BCUT2D eigenvalue weighted by Crippen LogP contribution is -2.44. The molecular weight excluding hydrogens is 242 g/mol. The lowest BCUT2D eigenvalue weighted by molar-refractivity contribution is -0.123. The second kappa shape index (κ2) is 8.72. The van der Waals surface area contributed by atoms with Crippen LogP contribution in [0.5, 0.6) is 0 Å². The molecule has 2 N–H and O–H groups in total. The van der Waals surface area contributed by atoms with Crippen LogP contribution in [0, 0.1) is 0 Å². The van der Waals surface area contributed by atoms with Crippen LogP contribution in [0.15, 0.2) is 22.8 Å². The highest BCUT2D eigenvalue weighted by Gasteiger charge is 2.12. The summed E-state index contributed by atoms with van der Waals surface area (Å²) in [5.41, 5.74) is 0. The molecule has 0 spiro atoms. The molecular formula is C14H25N3O2. The molecule has 1 heterocycles. The van der Waals surface area contributed by atoms with Gasteiger partial charge in [0, 0.05) is 13.1 Å². The molecule has 1 aromatic rings. The SMILES string of the molecule is CCN(CC)CCNC(C)C(=O)NCc1ccco1. The first-order valence-corrected chi connectivity index (χ1v) is 6.93. The number of hydrogen-bond acceptors (Lipinski definition) is 4. The minimum absolute atomic E-state index is 0.00375. The third kappa shape index (κ3) is 5.89. The van der Waals surface area contributed by atoms with Crippen LogP contribution in [-0.2, 0) is 11.3 Å². The fraction of sp³-hybridized carbons (Fsp3) is 0.643.